The first-order valence-electron chi connectivity index (χ1n) is 13.2. The van der Waals surface area contributed by atoms with Crippen molar-refractivity contribution in [1.29, 1.82) is 0 Å². The lowest BCUT2D eigenvalue weighted by Crippen LogP contribution is -2.45. The fraction of sp³-hybridized carbons (Fsp3) is 0.586. The van der Waals surface area contributed by atoms with Crippen LogP contribution >= 0.6 is 11.3 Å². The molecule has 0 spiro atoms. The van der Waals surface area contributed by atoms with E-state index in [2.05, 4.69) is 37.9 Å². The SMILES string of the molecule is C=CC(=O)CC[C@@H](NC(=O)[C@@H](CC(=O)CCC)Cc1nc2ccc(C(C)C)cc2s1)C1CCOCC1. The molecule has 1 aromatic heterocycles. The van der Waals surface area contributed by atoms with E-state index < -0.39 is 5.92 Å². The molecule has 1 aliphatic heterocycles. The van der Waals surface area contributed by atoms with Crippen molar-refractivity contribution in [1.82, 2.24) is 10.3 Å². The number of ether oxygens (including phenoxy) is 1. The number of nitrogens with one attached hydrogen (secondary N) is 1. The zero-order valence-electron chi connectivity index (χ0n) is 21.9. The number of benzene rings is 1. The van der Waals surface area contributed by atoms with Crippen molar-refractivity contribution in [2.45, 2.75) is 84.1 Å². The second-order valence-corrected chi connectivity index (χ2v) is 11.3. The third-order valence-corrected chi connectivity index (χ3v) is 8.05. The molecule has 0 aliphatic carbocycles. The van der Waals surface area contributed by atoms with Crippen LogP contribution < -0.4 is 5.32 Å². The van der Waals surface area contributed by atoms with Gasteiger partial charge in [-0.2, -0.15) is 0 Å². The molecular weight excluding hydrogens is 472 g/mol. The summed E-state index contributed by atoms with van der Waals surface area (Å²) in [5.74, 6) is 0.164. The van der Waals surface area contributed by atoms with Crippen LogP contribution in [0.3, 0.4) is 0 Å². The first-order chi connectivity index (χ1) is 17.3. The molecule has 1 amide bonds. The molecule has 3 rings (SSSR count). The Morgan fingerprint density at radius 3 is 2.64 bits per heavy atom. The van der Waals surface area contributed by atoms with Gasteiger partial charge in [0.1, 0.15) is 5.78 Å². The number of carbonyl (C=O) groups is 3. The number of rotatable bonds is 14. The lowest BCUT2D eigenvalue weighted by molar-refractivity contribution is -0.130. The third-order valence-electron chi connectivity index (χ3n) is 7.01. The molecule has 6 nitrogen and oxygen atoms in total. The number of thiazole rings is 1. The van der Waals surface area contributed by atoms with Gasteiger partial charge in [-0.25, -0.2) is 4.98 Å². The number of aromatic nitrogens is 1. The van der Waals surface area contributed by atoms with Crippen LogP contribution in [-0.2, 0) is 25.5 Å². The largest absolute Gasteiger partial charge is 0.381 e. The van der Waals surface area contributed by atoms with Gasteiger partial charge in [0.05, 0.1) is 21.1 Å². The van der Waals surface area contributed by atoms with E-state index in [-0.39, 0.29) is 35.9 Å². The van der Waals surface area contributed by atoms with Crippen LogP contribution in [0.15, 0.2) is 30.9 Å². The lowest BCUT2D eigenvalue weighted by atomic mass is 9.87. The summed E-state index contributed by atoms with van der Waals surface area (Å²) < 4.78 is 6.62. The second kappa shape index (κ2) is 13.8. The van der Waals surface area contributed by atoms with Gasteiger partial charge in [0.15, 0.2) is 5.78 Å². The lowest BCUT2D eigenvalue weighted by Gasteiger charge is -2.32. The van der Waals surface area contributed by atoms with E-state index in [1.54, 1.807) is 11.3 Å². The fourth-order valence-electron chi connectivity index (χ4n) is 4.80. The van der Waals surface area contributed by atoms with Gasteiger partial charge in [0.2, 0.25) is 5.91 Å². The van der Waals surface area contributed by atoms with Crippen molar-refractivity contribution >= 4 is 39.0 Å². The topological polar surface area (TPSA) is 85.4 Å². The molecule has 196 valence electrons. The van der Waals surface area contributed by atoms with E-state index >= 15 is 0 Å². The number of nitrogens with zero attached hydrogens (tertiary/aromatic N) is 1. The molecule has 2 atom stereocenters. The Balaban J connectivity index is 1.79. The molecule has 1 aliphatic rings. The Labute approximate surface area is 218 Å². The van der Waals surface area contributed by atoms with E-state index in [4.69, 9.17) is 9.72 Å². The summed E-state index contributed by atoms with van der Waals surface area (Å²) in [4.78, 5) is 42.9. The molecule has 7 heteroatoms. The molecular formula is C29H40N2O4S. The van der Waals surface area contributed by atoms with Crippen LogP contribution in [0.1, 0.15) is 82.2 Å². The van der Waals surface area contributed by atoms with Crippen LogP contribution in [0.25, 0.3) is 10.2 Å². The number of ketones is 2. The van der Waals surface area contributed by atoms with Crippen molar-refractivity contribution in [2.24, 2.45) is 11.8 Å². The molecule has 36 heavy (non-hydrogen) atoms. The average Bonchev–Trinajstić information content (AvgIpc) is 3.28. The van der Waals surface area contributed by atoms with Gasteiger partial charge < -0.3 is 10.1 Å². The highest BCUT2D eigenvalue weighted by atomic mass is 32.1. The number of carbonyl (C=O) groups excluding carboxylic acids is 3. The molecule has 2 aromatic rings. The summed E-state index contributed by atoms with van der Waals surface area (Å²) in [6.07, 6.45) is 5.83. The molecule has 1 saturated heterocycles. The molecule has 1 N–H and O–H groups in total. The average molecular weight is 513 g/mol. The predicted molar refractivity (Wildman–Crippen MR) is 145 cm³/mol. The maximum absolute atomic E-state index is 13.6. The highest BCUT2D eigenvalue weighted by Gasteiger charge is 2.30. The Bertz CT molecular complexity index is 1050. The van der Waals surface area contributed by atoms with Gasteiger partial charge in [-0.3, -0.25) is 14.4 Å². The quantitative estimate of drug-likeness (QED) is 0.324. The molecule has 2 heterocycles. The minimum atomic E-state index is -0.480. The Morgan fingerprint density at radius 2 is 1.97 bits per heavy atom. The summed E-state index contributed by atoms with van der Waals surface area (Å²) in [6, 6.07) is 6.20. The molecule has 0 saturated carbocycles. The van der Waals surface area contributed by atoms with Crippen molar-refractivity contribution in [3.63, 3.8) is 0 Å². The van der Waals surface area contributed by atoms with Gasteiger partial charge in [-0.15, -0.1) is 11.3 Å². The zero-order chi connectivity index (χ0) is 26.1. The number of fused-ring (bicyclic) bond motifs is 1. The van der Waals surface area contributed by atoms with Crippen LogP contribution in [0, 0.1) is 11.8 Å². The fourth-order valence-corrected chi connectivity index (χ4v) is 5.90. The summed E-state index contributed by atoms with van der Waals surface area (Å²) in [7, 11) is 0. The Morgan fingerprint density at radius 1 is 1.22 bits per heavy atom. The predicted octanol–water partition coefficient (Wildman–Crippen LogP) is 5.78. The van der Waals surface area contributed by atoms with Gasteiger partial charge in [-0.1, -0.05) is 33.4 Å². The summed E-state index contributed by atoms with van der Waals surface area (Å²) in [5, 5.41) is 4.11. The van der Waals surface area contributed by atoms with E-state index in [1.165, 1.54) is 11.6 Å². The highest BCUT2D eigenvalue weighted by Crippen LogP contribution is 2.29. The van der Waals surface area contributed by atoms with E-state index in [0.29, 0.717) is 44.8 Å². The highest BCUT2D eigenvalue weighted by molar-refractivity contribution is 7.18. The molecule has 1 fully saturated rings. The summed E-state index contributed by atoms with van der Waals surface area (Å²) >= 11 is 1.60. The Kier molecular flexibility index (Phi) is 10.8. The van der Waals surface area contributed by atoms with Crippen molar-refractivity contribution in [3.05, 3.63) is 41.4 Å². The number of allylic oxidation sites excluding steroid dienone is 1. The molecule has 0 bridgehead atoms. The standard InChI is InChI=1S/C29H40N2O4S/c1-5-7-24(33)16-22(18-28-30-26-10-8-21(19(3)4)17-27(26)36-28)29(34)31-25(11-9-23(32)6-2)20-12-14-35-15-13-20/h6,8,10,17,19-20,22,25H,2,5,7,9,11-16,18H2,1,3-4H3,(H,31,34)/t22-,25+/m0/s1. The summed E-state index contributed by atoms with van der Waals surface area (Å²) in [6.45, 7) is 11.2. The molecule has 1 aromatic carbocycles. The van der Waals surface area contributed by atoms with Gasteiger partial charge >= 0.3 is 0 Å². The third kappa shape index (κ3) is 8.07. The van der Waals surface area contributed by atoms with Crippen molar-refractivity contribution in [2.75, 3.05) is 13.2 Å². The number of hydrogen-bond acceptors (Lipinski definition) is 6. The van der Waals surface area contributed by atoms with Crippen molar-refractivity contribution < 1.29 is 19.1 Å². The van der Waals surface area contributed by atoms with E-state index in [9.17, 15) is 14.4 Å². The maximum Gasteiger partial charge on any atom is 0.224 e. The minimum Gasteiger partial charge on any atom is -0.381 e. The Hall–Kier alpha value is -2.38. The minimum absolute atomic E-state index is 0.0220. The molecule has 0 radical (unpaired) electrons. The van der Waals surface area contributed by atoms with Gasteiger partial charge in [0, 0.05) is 44.9 Å². The zero-order valence-corrected chi connectivity index (χ0v) is 22.7. The van der Waals surface area contributed by atoms with Crippen LogP contribution in [0.5, 0.6) is 0 Å². The molecule has 0 unspecified atom stereocenters. The first-order valence-corrected chi connectivity index (χ1v) is 14.1. The van der Waals surface area contributed by atoms with Gasteiger partial charge in [-0.05, 0) is 61.3 Å². The number of Topliss-reactive ketones (excluding diaryl/α,β-unsaturated/α-hetero) is 1. The smallest absolute Gasteiger partial charge is 0.224 e. The van der Waals surface area contributed by atoms with Crippen molar-refractivity contribution in [3.8, 4) is 0 Å². The second-order valence-electron chi connectivity index (χ2n) is 10.2. The summed E-state index contributed by atoms with van der Waals surface area (Å²) in [5.41, 5.74) is 2.19. The first kappa shape index (κ1) is 28.2. The van der Waals surface area contributed by atoms with Crippen LogP contribution in [0.2, 0.25) is 0 Å². The van der Waals surface area contributed by atoms with Gasteiger partial charge in [0.25, 0.3) is 0 Å². The van der Waals surface area contributed by atoms with E-state index in [0.717, 1.165) is 34.5 Å². The normalized spacial score (nSPS) is 16.1. The van der Waals surface area contributed by atoms with E-state index in [1.807, 2.05) is 13.0 Å². The monoisotopic (exact) mass is 512 g/mol. The maximum atomic E-state index is 13.6. The van der Waals surface area contributed by atoms with Crippen LogP contribution in [0.4, 0.5) is 0 Å². The van der Waals surface area contributed by atoms with Crippen LogP contribution in [-0.4, -0.2) is 41.7 Å². The number of hydrogen-bond donors (Lipinski definition) is 1. The number of amides is 1.